The lowest BCUT2D eigenvalue weighted by Crippen LogP contribution is -1.95. The Bertz CT molecular complexity index is 365. The van der Waals surface area contributed by atoms with Gasteiger partial charge in [-0.3, -0.25) is 0 Å². The lowest BCUT2D eigenvalue weighted by atomic mass is 10.0. The molecular weight excluding hydrogens is 174 g/mol. The van der Waals surface area contributed by atoms with Gasteiger partial charge in [0.15, 0.2) is 0 Å². The second kappa shape index (κ2) is 4.15. The Kier molecular flexibility index (Phi) is 2.69. The van der Waals surface area contributed by atoms with Crippen LogP contribution in [0.25, 0.3) is 0 Å². The van der Waals surface area contributed by atoms with Crippen LogP contribution >= 0.6 is 0 Å². The van der Waals surface area contributed by atoms with E-state index in [1.54, 1.807) is 0 Å². The van der Waals surface area contributed by atoms with E-state index in [1.807, 2.05) is 12.1 Å². The Morgan fingerprint density at radius 2 is 2.29 bits per heavy atom. The fourth-order valence-corrected chi connectivity index (χ4v) is 1.74. The third-order valence-electron chi connectivity index (χ3n) is 2.51. The topological polar surface area (TPSA) is 33.0 Å². The highest BCUT2D eigenvalue weighted by molar-refractivity contribution is 5.39. The highest BCUT2D eigenvalue weighted by Crippen LogP contribution is 2.25. The van der Waals surface area contributed by atoms with Crippen LogP contribution in [0.3, 0.4) is 0 Å². The molecule has 2 heteroatoms. The Hall–Kier alpha value is -1.49. The van der Waals surface area contributed by atoms with Crippen molar-refractivity contribution in [2.45, 2.75) is 25.7 Å². The number of fused-ring (bicyclic) bond motifs is 1. The first-order valence-corrected chi connectivity index (χ1v) is 5.02. The monoisotopic (exact) mass is 187 g/mol. The van der Waals surface area contributed by atoms with Gasteiger partial charge < -0.3 is 4.74 Å². The summed E-state index contributed by atoms with van der Waals surface area (Å²) >= 11 is 0. The van der Waals surface area contributed by atoms with E-state index in [1.165, 1.54) is 12.0 Å². The van der Waals surface area contributed by atoms with Gasteiger partial charge in [0.2, 0.25) is 0 Å². The van der Waals surface area contributed by atoms with Crippen LogP contribution in [-0.4, -0.2) is 6.61 Å². The standard InChI is InChI=1S/C12H13NO/c13-7-6-10-4-5-11-3-1-2-8-14-12(11)9-10/h4-5,9H,1-3,6,8H2. The molecule has 1 aromatic carbocycles. The van der Waals surface area contributed by atoms with Crippen LogP contribution in [0.2, 0.25) is 0 Å². The molecule has 2 rings (SSSR count). The van der Waals surface area contributed by atoms with E-state index in [-0.39, 0.29) is 0 Å². The Morgan fingerprint density at radius 1 is 1.36 bits per heavy atom. The van der Waals surface area contributed by atoms with Gasteiger partial charge in [-0.1, -0.05) is 12.1 Å². The normalized spacial score (nSPS) is 14.8. The summed E-state index contributed by atoms with van der Waals surface area (Å²) in [4.78, 5) is 0. The summed E-state index contributed by atoms with van der Waals surface area (Å²) in [5.41, 5.74) is 2.33. The molecule has 0 fully saturated rings. The van der Waals surface area contributed by atoms with Crippen molar-refractivity contribution < 1.29 is 4.74 Å². The summed E-state index contributed by atoms with van der Waals surface area (Å²) in [5.74, 6) is 0.982. The molecular formula is C12H13NO. The van der Waals surface area contributed by atoms with E-state index in [9.17, 15) is 0 Å². The minimum atomic E-state index is 0.469. The van der Waals surface area contributed by atoms with Gasteiger partial charge in [0, 0.05) is 0 Å². The predicted octanol–water partition coefficient (Wildman–Crippen LogP) is 2.47. The van der Waals surface area contributed by atoms with Crippen LogP contribution in [0.15, 0.2) is 18.2 Å². The molecule has 0 radical (unpaired) electrons. The lowest BCUT2D eigenvalue weighted by Gasteiger charge is -2.07. The Labute approximate surface area is 84.1 Å². The number of aryl methyl sites for hydroxylation is 1. The van der Waals surface area contributed by atoms with Gasteiger partial charge in [-0.15, -0.1) is 0 Å². The van der Waals surface area contributed by atoms with Crippen molar-refractivity contribution in [2.24, 2.45) is 0 Å². The largest absolute Gasteiger partial charge is 0.493 e. The molecule has 0 aliphatic carbocycles. The molecule has 0 unspecified atom stereocenters. The van der Waals surface area contributed by atoms with Crippen LogP contribution in [0.4, 0.5) is 0 Å². The number of nitrogens with zero attached hydrogens (tertiary/aromatic N) is 1. The van der Waals surface area contributed by atoms with Crippen LogP contribution in [0.1, 0.15) is 24.0 Å². The van der Waals surface area contributed by atoms with Gasteiger partial charge in [0.25, 0.3) is 0 Å². The smallest absolute Gasteiger partial charge is 0.122 e. The molecule has 72 valence electrons. The second-order valence-electron chi connectivity index (χ2n) is 3.58. The van der Waals surface area contributed by atoms with Crippen molar-refractivity contribution in [3.63, 3.8) is 0 Å². The van der Waals surface area contributed by atoms with Gasteiger partial charge in [0.05, 0.1) is 19.1 Å². The van der Waals surface area contributed by atoms with E-state index in [0.717, 1.165) is 30.8 Å². The van der Waals surface area contributed by atoms with Crippen LogP contribution in [0, 0.1) is 11.3 Å². The van der Waals surface area contributed by atoms with Crippen molar-refractivity contribution in [1.29, 1.82) is 5.26 Å². The maximum atomic E-state index is 8.59. The molecule has 14 heavy (non-hydrogen) atoms. The number of ether oxygens (including phenoxy) is 1. The average molecular weight is 187 g/mol. The average Bonchev–Trinajstić information content (AvgIpc) is 2.42. The van der Waals surface area contributed by atoms with E-state index >= 15 is 0 Å². The zero-order valence-electron chi connectivity index (χ0n) is 8.12. The number of benzene rings is 1. The van der Waals surface area contributed by atoms with Gasteiger partial charge in [-0.25, -0.2) is 0 Å². The maximum absolute atomic E-state index is 8.59. The highest BCUT2D eigenvalue weighted by Gasteiger charge is 2.08. The first-order valence-electron chi connectivity index (χ1n) is 5.02. The van der Waals surface area contributed by atoms with E-state index < -0.39 is 0 Å². The van der Waals surface area contributed by atoms with Gasteiger partial charge in [-0.05, 0) is 36.5 Å². The molecule has 0 spiro atoms. The van der Waals surface area contributed by atoms with Crippen LogP contribution in [0.5, 0.6) is 5.75 Å². The zero-order valence-corrected chi connectivity index (χ0v) is 8.12. The van der Waals surface area contributed by atoms with Crippen molar-refractivity contribution >= 4 is 0 Å². The van der Waals surface area contributed by atoms with E-state index in [4.69, 9.17) is 10.00 Å². The Balaban J connectivity index is 2.28. The number of rotatable bonds is 1. The molecule has 0 N–H and O–H groups in total. The fourth-order valence-electron chi connectivity index (χ4n) is 1.74. The molecule has 0 saturated heterocycles. The molecule has 0 bridgehead atoms. The first-order chi connectivity index (χ1) is 6.90. The van der Waals surface area contributed by atoms with Gasteiger partial charge >= 0.3 is 0 Å². The molecule has 1 aliphatic rings. The quantitative estimate of drug-likeness (QED) is 0.676. The Morgan fingerprint density at radius 3 is 3.14 bits per heavy atom. The van der Waals surface area contributed by atoms with Crippen molar-refractivity contribution in [2.75, 3.05) is 6.61 Å². The highest BCUT2D eigenvalue weighted by atomic mass is 16.5. The number of hydrogen-bond acceptors (Lipinski definition) is 2. The second-order valence-corrected chi connectivity index (χ2v) is 3.58. The van der Waals surface area contributed by atoms with Gasteiger partial charge in [0.1, 0.15) is 5.75 Å². The third kappa shape index (κ3) is 1.88. The van der Waals surface area contributed by atoms with Crippen LogP contribution in [-0.2, 0) is 12.8 Å². The van der Waals surface area contributed by atoms with E-state index in [2.05, 4.69) is 12.1 Å². The molecule has 1 aromatic rings. The zero-order chi connectivity index (χ0) is 9.80. The number of hydrogen-bond donors (Lipinski definition) is 0. The summed E-state index contributed by atoms with van der Waals surface area (Å²) in [5, 5.41) is 8.59. The number of nitriles is 1. The summed E-state index contributed by atoms with van der Waals surface area (Å²) in [6.45, 7) is 0.809. The minimum absolute atomic E-state index is 0.469. The predicted molar refractivity (Wildman–Crippen MR) is 54.2 cm³/mol. The minimum Gasteiger partial charge on any atom is -0.493 e. The van der Waals surface area contributed by atoms with Gasteiger partial charge in [-0.2, -0.15) is 5.26 Å². The molecule has 0 atom stereocenters. The molecule has 1 aliphatic heterocycles. The van der Waals surface area contributed by atoms with Crippen molar-refractivity contribution in [1.82, 2.24) is 0 Å². The summed E-state index contributed by atoms with van der Waals surface area (Å²) < 4.78 is 5.63. The molecule has 2 nitrogen and oxygen atoms in total. The molecule has 0 saturated carbocycles. The van der Waals surface area contributed by atoms with Crippen molar-refractivity contribution in [3.8, 4) is 11.8 Å². The SMILES string of the molecule is N#CCc1ccc2c(c1)OCCCC2. The fraction of sp³-hybridized carbons (Fsp3) is 0.417. The first kappa shape index (κ1) is 9.08. The summed E-state index contributed by atoms with van der Waals surface area (Å²) in [6.07, 6.45) is 3.89. The van der Waals surface area contributed by atoms with E-state index in [0.29, 0.717) is 6.42 Å². The summed E-state index contributed by atoms with van der Waals surface area (Å²) in [7, 11) is 0. The summed E-state index contributed by atoms with van der Waals surface area (Å²) in [6, 6.07) is 8.27. The molecule has 0 amide bonds. The van der Waals surface area contributed by atoms with Crippen molar-refractivity contribution in [3.05, 3.63) is 29.3 Å². The third-order valence-corrected chi connectivity index (χ3v) is 2.51. The van der Waals surface area contributed by atoms with Crippen LogP contribution < -0.4 is 4.74 Å². The molecule has 0 aromatic heterocycles. The molecule has 1 heterocycles. The lowest BCUT2D eigenvalue weighted by molar-refractivity contribution is 0.316. The maximum Gasteiger partial charge on any atom is 0.122 e.